The van der Waals surface area contributed by atoms with Crippen LogP contribution in [0, 0.1) is 18.3 Å². The van der Waals surface area contributed by atoms with Crippen molar-refractivity contribution in [3.63, 3.8) is 0 Å². The fourth-order valence-corrected chi connectivity index (χ4v) is 5.51. The Kier molecular flexibility index (Phi) is 3.72. The zero-order valence-electron chi connectivity index (χ0n) is 15.0. The molecule has 1 unspecified atom stereocenters. The fourth-order valence-electron chi connectivity index (χ4n) is 4.95. The van der Waals surface area contributed by atoms with Crippen LogP contribution in [0.1, 0.15) is 41.2 Å². The minimum atomic E-state index is -0.534. The van der Waals surface area contributed by atoms with Crippen LogP contribution in [0.25, 0.3) is 0 Å². The van der Waals surface area contributed by atoms with Crippen LogP contribution in [0.5, 0.6) is 0 Å². The topological polar surface area (TPSA) is 27.0 Å². The van der Waals surface area contributed by atoms with Crippen molar-refractivity contribution < 1.29 is 0 Å². The van der Waals surface area contributed by atoms with Crippen LogP contribution in [0.3, 0.4) is 0 Å². The molecule has 0 aromatic heterocycles. The highest BCUT2D eigenvalue weighted by molar-refractivity contribution is 6.26. The second-order valence-electron chi connectivity index (χ2n) is 7.85. The van der Waals surface area contributed by atoms with Crippen molar-refractivity contribution in [3.8, 4) is 6.07 Å². The van der Waals surface area contributed by atoms with E-state index in [0.717, 1.165) is 24.9 Å². The van der Waals surface area contributed by atoms with Crippen molar-refractivity contribution in [1.29, 1.82) is 5.26 Å². The van der Waals surface area contributed by atoms with Crippen LogP contribution in [0.15, 0.2) is 42.5 Å². The summed E-state index contributed by atoms with van der Waals surface area (Å²) in [6.45, 7) is 5.51. The molecule has 1 saturated heterocycles. The van der Waals surface area contributed by atoms with Gasteiger partial charge < -0.3 is 4.90 Å². The third-order valence-electron chi connectivity index (χ3n) is 6.44. The predicted octanol–water partition coefficient (Wildman–Crippen LogP) is 4.52. The first-order valence-electron chi connectivity index (χ1n) is 8.90. The number of rotatable bonds is 1. The van der Waals surface area contributed by atoms with Crippen molar-refractivity contribution in [3.05, 3.63) is 70.3 Å². The molecule has 0 radical (unpaired) electrons. The van der Waals surface area contributed by atoms with Gasteiger partial charge in [0.25, 0.3) is 0 Å². The van der Waals surface area contributed by atoms with Crippen molar-refractivity contribution >= 4 is 11.6 Å². The second kappa shape index (κ2) is 5.59. The summed E-state index contributed by atoms with van der Waals surface area (Å²) in [6.07, 6.45) is 1.96. The molecule has 3 atom stereocenters. The van der Waals surface area contributed by atoms with Crippen LogP contribution in [-0.4, -0.2) is 24.5 Å². The summed E-state index contributed by atoms with van der Waals surface area (Å²) in [5, 5.41) is 9.35. The van der Waals surface area contributed by atoms with Crippen LogP contribution in [-0.2, 0) is 16.7 Å². The third kappa shape index (κ3) is 2.19. The lowest BCUT2D eigenvalue weighted by Crippen LogP contribution is -2.65. The van der Waals surface area contributed by atoms with Crippen LogP contribution >= 0.6 is 11.6 Å². The molecule has 1 aliphatic heterocycles. The molecule has 4 rings (SSSR count). The lowest BCUT2D eigenvalue weighted by atomic mass is 9.55. The van der Waals surface area contributed by atoms with E-state index in [0.29, 0.717) is 5.56 Å². The molecule has 1 aliphatic carbocycles. The van der Waals surface area contributed by atoms with E-state index in [-0.39, 0.29) is 11.5 Å². The molecule has 2 nitrogen and oxygen atoms in total. The van der Waals surface area contributed by atoms with Gasteiger partial charge in [-0.15, -0.1) is 11.6 Å². The summed E-state index contributed by atoms with van der Waals surface area (Å²) in [5.41, 5.74) is 5.67. The van der Waals surface area contributed by atoms with Crippen molar-refractivity contribution in [2.45, 2.75) is 43.0 Å². The number of hydrogen-bond acceptors (Lipinski definition) is 2. The maximum atomic E-state index is 9.35. The number of aryl methyl sites for hydroxylation is 1. The van der Waals surface area contributed by atoms with Crippen molar-refractivity contribution in [2.24, 2.45) is 0 Å². The Morgan fingerprint density at radius 2 is 2.04 bits per heavy atom. The van der Waals surface area contributed by atoms with Gasteiger partial charge in [-0.3, -0.25) is 0 Å². The average Bonchev–Trinajstić information content (AvgIpc) is 2.62. The zero-order chi connectivity index (χ0) is 17.8. The molecule has 2 aromatic carbocycles. The first-order chi connectivity index (χ1) is 11.9. The molecule has 0 spiro atoms. The van der Waals surface area contributed by atoms with Gasteiger partial charge in [-0.25, -0.2) is 0 Å². The predicted molar refractivity (Wildman–Crippen MR) is 102 cm³/mol. The Bertz CT molecular complexity index is 884. The highest BCUT2D eigenvalue weighted by Gasteiger charge is 2.60. The maximum Gasteiger partial charge on any atom is 0.0991 e. The molecule has 25 heavy (non-hydrogen) atoms. The van der Waals surface area contributed by atoms with Crippen LogP contribution < -0.4 is 0 Å². The molecule has 2 aliphatic rings. The monoisotopic (exact) mass is 350 g/mol. The molecule has 1 heterocycles. The van der Waals surface area contributed by atoms with E-state index in [1.165, 1.54) is 16.7 Å². The minimum Gasteiger partial charge on any atom is -0.301 e. The molecule has 128 valence electrons. The number of alkyl halides is 1. The standard InChI is InChI=1S/C22H23ClN2/c1-15-7-8-17-13-20-22(23,18-6-4-5-16(12-18)14-24)21(2,19(17)11-15)9-10-25(20)3/h4-8,11-12,20H,9-10,13H2,1-3H3/t20-,21-,22?/m1/s1. The lowest BCUT2D eigenvalue weighted by Gasteiger charge is -2.60. The van der Waals surface area contributed by atoms with E-state index in [9.17, 15) is 5.26 Å². The number of fused-ring (bicyclic) bond motifs is 4. The quantitative estimate of drug-likeness (QED) is 0.707. The Morgan fingerprint density at radius 1 is 1.24 bits per heavy atom. The van der Waals surface area contributed by atoms with Gasteiger partial charge in [-0.2, -0.15) is 5.26 Å². The van der Waals surface area contributed by atoms with Gasteiger partial charge in [-0.1, -0.05) is 42.8 Å². The Labute approximate surface area is 155 Å². The highest BCUT2D eigenvalue weighted by atomic mass is 35.5. The maximum absolute atomic E-state index is 9.35. The highest BCUT2D eigenvalue weighted by Crippen LogP contribution is 2.59. The Morgan fingerprint density at radius 3 is 2.80 bits per heavy atom. The summed E-state index contributed by atoms with van der Waals surface area (Å²) in [5.74, 6) is 0. The van der Waals surface area contributed by atoms with E-state index < -0.39 is 4.87 Å². The molecule has 2 aromatic rings. The minimum absolute atomic E-state index is 0.153. The number of halogens is 1. The number of nitrogens with zero attached hydrogens (tertiary/aromatic N) is 2. The SMILES string of the molecule is Cc1ccc2c(c1)[C@@]1(C)CCN(C)[C@H](C2)C1(Cl)c1cccc(C#N)c1. The molecule has 0 N–H and O–H groups in total. The van der Waals surface area contributed by atoms with E-state index in [1.54, 1.807) is 0 Å². The average molecular weight is 351 g/mol. The number of nitriles is 1. The van der Waals surface area contributed by atoms with E-state index in [2.05, 4.69) is 56.1 Å². The van der Waals surface area contributed by atoms with Crippen LogP contribution in [0.4, 0.5) is 0 Å². The molecule has 0 saturated carbocycles. The van der Waals surface area contributed by atoms with E-state index in [4.69, 9.17) is 11.6 Å². The summed E-state index contributed by atoms with van der Waals surface area (Å²) in [4.78, 5) is 1.87. The number of hydrogen-bond donors (Lipinski definition) is 0. The van der Waals surface area contributed by atoms with Crippen LogP contribution in [0.2, 0.25) is 0 Å². The Hall–Kier alpha value is -1.82. The van der Waals surface area contributed by atoms with Crippen molar-refractivity contribution in [1.82, 2.24) is 4.90 Å². The fraction of sp³-hybridized carbons (Fsp3) is 0.409. The second-order valence-corrected chi connectivity index (χ2v) is 8.44. The molecule has 2 bridgehead atoms. The number of likely N-dealkylation sites (tertiary alicyclic amines) is 1. The summed E-state index contributed by atoms with van der Waals surface area (Å²) in [7, 11) is 2.18. The number of piperidine rings is 1. The smallest absolute Gasteiger partial charge is 0.0991 e. The largest absolute Gasteiger partial charge is 0.301 e. The number of likely N-dealkylation sites (N-methyl/N-ethyl adjacent to an activating group) is 1. The Balaban J connectivity index is 1.99. The summed E-state index contributed by atoms with van der Waals surface area (Å²) >= 11 is 7.56. The molecule has 3 heteroatoms. The van der Waals surface area contributed by atoms with Crippen molar-refractivity contribution in [2.75, 3.05) is 13.6 Å². The van der Waals surface area contributed by atoms with Gasteiger partial charge in [0.1, 0.15) is 0 Å². The van der Waals surface area contributed by atoms with Gasteiger partial charge in [0, 0.05) is 11.5 Å². The molecular formula is C22H23ClN2. The summed E-state index contributed by atoms with van der Waals surface area (Å²) < 4.78 is 0. The first kappa shape index (κ1) is 16.6. The molecular weight excluding hydrogens is 328 g/mol. The first-order valence-corrected chi connectivity index (χ1v) is 9.28. The normalized spacial score (nSPS) is 31.2. The molecule has 1 fully saturated rings. The zero-order valence-corrected chi connectivity index (χ0v) is 15.8. The lowest BCUT2D eigenvalue weighted by molar-refractivity contribution is 0.0581. The van der Waals surface area contributed by atoms with Gasteiger partial charge in [-0.05, 0) is 62.2 Å². The van der Waals surface area contributed by atoms with E-state index >= 15 is 0 Å². The van der Waals surface area contributed by atoms with Gasteiger partial charge >= 0.3 is 0 Å². The summed E-state index contributed by atoms with van der Waals surface area (Å²) in [6, 6.07) is 17.2. The van der Waals surface area contributed by atoms with E-state index in [1.807, 2.05) is 18.2 Å². The molecule has 0 amide bonds. The van der Waals surface area contributed by atoms with Gasteiger partial charge in [0.2, 0.25) is 0 Å². The number of benzene rings is 2. The van der Waals surface area contributed by atoms with Gasteiger partial charge in [0.05, 0.1) is 16.5 Å². The third-order valence-corrected chi connectivity index (χ3v) is 7.33. The van der Waals surface area contributed by atoms with Gasteiger partial charge in [0.15, 0.2) is 0 Å².